The molecule has 0 aliphatic heterocycles. The highest BCUT2D eigenvalue weighted by Gasteiger charge is 2.15. The van der Waals surface area contributed by atoms with Crippen molar-refractivity contribution >= 4 is 17.1 Å². The monoisotopic (exact) mass is 237 g/mol. The largest absolute Gasteiger partial charge is 0.299 e. The van der Waals surface area contributed by atoms with Gasteiger partial charge in [-0.3, -0.25) is 4.79 Å². The fourth-order valence-corrected chi connectivity index (χ4v) is 3.08. The Morgan fingerprint density at radius 1 is 1.38 bits per heavy atom. The summed E-state index contributed by atoms with van der Waals surface area (Å²) in [6, 6.07) is 0. The molecule has 0 saturated heterocycles. The standard InChI is InChI=1S/C13H19NOS/c15-12(10-13-14-8-9-16-13)7-6-11-4-2-1-3-5-11/h8-9,11H,1-7,10H2. The first kappa shape index (κ1) is 11.8. The van der Waals surface area contributed by atoms with Gasteiger partial charge in [-0.1, -0.05) is 32.1 Å². The maximum absolute atomic E-state index is 11.7. The van der Waals surface area contributed by atoms with Crippen LogP contribution in [0.4, 0.5) is 0 Å². The van der Waals surface area contributed by atoms with Gasteiger partial charge in [0.2, 0.25) is 0 Å². The van der Waals surface area contributed by atoms with E-state index >= 15 is 0 Å². The summed E-state index contributed by atoms with van der Waals surface area (Å²) in [7, 11) is 0. The van der Waals surface area contributed by atoms with Crippen LogP contribution < -0.4 is 0 Å². The number of carbonyl (C=O) groups excluding carboxylic acids is 1. The van der Waals surface area contributed by atoms with Crippen LogP contribution in [-0.4, -0.2) is 10.8 Å². The number of aromatic nitrogens is 1. The Bertz CT molecular complexity index is 315. The van der Waals surface area contributed by atoms with Crippen molar-refractivity contribution in [2.24, 2.45) is 5.92 Å². The van der Waals surface area contributed by atoms with Crippen LogP contribution >= 0.6 is 11.3 Å². The molecule has 1 aromatic rings. The van der Waals surface area contributed by atoms with Crippen molar-refractivity contribution < 1.29 is 4.79 Å². The zero-order valence-electron chi connectivity index (χ0n) is 9.65. The molecule has 0 aromatic carbocycles. The second-order valence-corrected chi connectivity index (χ2v) is 5.66. The van der Waals surface area contributed by atoms with Gasteiger partial charge in [-0.05, 0) is 12.3 Å². The van der Waals surface area contributed by atoms with Crippen molar-refractivity contribution in [3.63, 3.8) is 0 Å². The fourth-order valence-electron chi connectivity index (χ4n) is 2.44. The summed E-state index contributed by atoms with van der Waals surface area (Å²) in [6.45, 7) is 0. The van der Waals surface area contributed by atoms with Crippen LogP contribution in [-0.2, 0) is 11.2 Å². The van der Waals surface area contributed by atoms with E-state index < -0.39 is 0 Å². The number of hydrogen-bond donors (Lipinski definition) is 0. The van der Waals surface area contributed by atoms with Gasteiger partial charge in [-0.15, -0.1) is 11.3 Å². The highest BCUT2D eigenvalue weighted by molar-refractivity contribution is 7.09. The lowest BCUT2D eigenvalue weighted by Crippen LogP contribution is -2.10. The Balaban J connectivity index is 1.67. The Morgan fingerprint density at radius 2 is 2.19 bits per heavy atom. The topological polar surface area (TPSA) is 30.0 Å². The van der Waals surface area contributed by atoms with Crippen molar-refractivity contribution in [3.05, 3.63) is 16.6 Å². The van der Waals surface area contributed by atoms with Crippen molar-refractivity contribution in [1.29, 1.82) is 0 Å². The van der Waals surface area contributed by atoms with E-state index in [1.165, 1.54) is 32.1 Å². The van der Waals surface area contributed by atoms with E-state index in [9.17, 15) is 4.79 Å². The molecule has 1 fully saturated rings. The zero-order chi connectivity index (χ0) is 11.2. The minimum atomic E-state index is 0.362. The van der Waals surface area contributed by atoms with E-state index in [2.05, 4.69) is 4.98 Å². The summed E-state index contributed by atoms with van der Waals surface area (Å²) in [4.78, 5) is 15.9. The molecule has 0 radical (unpaired) electrons. The third-order valence-corrected chi connectivity index (χ3v) is 4.17. The number of thiazole rings is 1. The number of carbonyl (C=O) groups is 1. The van der Waals surface area contributed by atoms with Gasteiger partial charge in [-0.2, -0.15) is 0 Å². The minimum absolute atomic E-state index is 0.362. The lowest BCUT2D eigenvalue weighted by molar-refractivity contribution is -0.118. The van der Waals surface area contributed by atoms with Crippen LogP contribution in [0.5, 0.6) is 0 Å². The molecular weight excluding hydrogens is 218 g/mol. The summed E-state index contributed by atoms with van der Waals surface area (Å²) in [5.74, 6) is 1.18. The van der Waals surface area contributed by atoms with Crippen LogP contribution in [0.15, 0.2) is 11.6 Å². The average Bonchev–Trinajstić information content (AvgIpc) is 2.81. The molecular formula is C13H19NOS. The summed E-state index contributed by atoms with van der Waals surface area (Å²) in [5.41, 5.74) is 0. The molecule has 1 aliphatic carbocycles. The first-order valence-corrected chi connectivity index (χ1v) is 7.12. The Morgan fingerprint density at radius 3 is 2.88 bits per heavy atom. The highest BCUT2D eigenvalue weighted by atomic mass is 32.1. The van der Waals surface area contributed by atoms with Gasteiger partial charge in [-0.25, -0.2) is 4.98 Å². The number of rotatable bonds is 5. The van der Waals surface area contributed by atoms with Gasteiger partial charge >= 0.3 is 0 Å². The zero-order valence-corrected chi connectivity index (χ0v) is 10.5. The number of ketones is 1. The van der Waals surface area contributed by atoms with Crippen molar-refractivity contribution in [1.82, 2.24) is 4.98 Å². The number of nitrogens with zero attached hydrogens (tertiary/aromatic N) is 1. The molecule has 1 aromatic heterocycles. The normalized spacial score (nSPS) is 17.5. The van der Waals surface area contributed by atoms with Crippen LogP contribution in [0.25, 0.3) is 0 Å². The summed E-state index contributed by atoms with van der Waals surface area (Å²) in [6.07, 6.45) is 11.0. The molecule has 0 N–H and O–H groups in total. The lowest BCUT2D eigenvalue weighted by atomic mass is 9.85. The molecule has 88 valence electrons. The second-order valence-electron chi connectivity index (χ2n) is 4.68. The average molecular weight is 237 g/mol. The Hall–Kier alpha value is -0.700. The van der Waals surface area contributed by atoms with E-state index in [1.807, 2.05) is 5.38 Å². The van der Waals surface area contributed by atoms with E-state index in [1.54, 1.807) is 17.5 Å². The Labute approximate surface area is 101 Å². The van der Waals surface area contributed by atoms with E-state index in [0.29, 0.717) is 12.2 Å². The predicted molar refractivity (Wildman–Crippen MR) is 66.6 cm³/mol. The lowest BCUT2D eigenvalue weighted by Gasteiger charge is -2.20. The highest BCUT2D eigenvalue weighted by Crippen LogP contribution is 2.27. The number of Topliss-reactive ketones (excluding diaryl/α,β-unsaturated/α-hetero) is 1. The van der Waals surface area contributed by atoms with Crippen molar-refractivity contribution in [3.8, 4) is 0 Å². The van der Waals surface area contributed by atoms with Gasteiger partial charge in [0.1, 0.15) is 5.78 Å². The van der Waals surface area contributed by atoms with Gasteiger partial charge < -0.3 is 0 Å². The molecule has 0 spiro atoms. The second kappa shape index (κ2) is 6.14. The summed E-state index contributed by atoms with van der Waals surface area (Å²) in [5, 5.41) is 2.90. The maximum atomic E-state index is 11.7. The summed E-state index contributed by atoms with van der Waals surface area (Å²) < 4.78 is 0. The van der Waals surface area contributed by atoms with Crippen LogP contribution in [0, 0.1) is 5.92 Å². The van der Waals surface area contributed by atoms with E-state index in [4.69, 9.17) is 0 Å². The molecule has 2 rings (SSSR count). The SMILES string of the molecule is O=C(CCC1CCCCC1)Cc1nccs1. The fraction of sp³-hybridized carbons (Fsp3) is 0.692. The van der Waals surface area contributed by atoms with Gasteiger partial charge in [0.05, 0.1) is 11.4 Å². The van der Waals surface area contributed by atoms with Gasteiger partial charge in [0.15, 0.2) is 0 Å². The molecule has 3 heteroatoms. The number of hydrogen-bond acceptors (Lipinski definition) is 3. The van der Waals surface area contributed by atoms with Crippen molar-refractivity contribution in [2.75, 3.05) is 0 Å². The first-order valence-electron chi connectivity index (χ1n) is 6.24. The van der Waals surface area contributed by atoms with E-state index in [-0.39, 0.29) is 0 Å². The third-order valence-electron chi connectivity index (χ3n) is 3.39. The molecule has 1 heterocycles. The molecule has 0 bridgehead atoms. The molecule has 2 nitrogen and oxygen atoms in total. The minimum Gasteiger partial charge on any atom is -0.299 e. The quantitative estimate of drug-likeness (QED) is 0.783. The third kappa shape index (κ3) is 3.71. The van der Waals surface area contributed by atoms with Gasteiger partial charge in [0, 0.05) is 18.0 Å². The first-order chi connectivity index (χ1) is 7.84. The van der Waals surface area contributed by atoms with Crippen LogP contribution in [0.1, 0.15) is 50.0 Å². The van der Waals surface area contributed by atoms with Crippen molar-refractivity contribution in [2.45, 2.75) is 51.4 Å². The maximum Gasteiger partial charge on any atom is 0.139 e. The molecule has 0 atom stereocenters. The molecule has 0 amide bonds. The molecule has 1 aliphatic rings. The van der Waals surface area contributed by atoms with E-state index in [0.717, 1.165) is 23.8 Å². The molecule has 1 saturated carbocycles. The van der Waals surface area contributed by atoms with Crippen LogP contribution in [0.3, 0.4) is 0 Å². The summed E-state index contributed by atoms with van der Waals surface area (Å²) >= 11 is 1.58. The van der Waals surface area contributed by atoms with Gasteiger partial charge in [0.25, 0.3) is 0 Å². The predicted octanol–water partition coefficient (Wildman–Crippen LogP) is 3.62. The van der Waals surface area contributed by atoms with Crippen LogP contribution in [0.2, 0.25) is 0 Å². The smallest absolute Gasteiger partial charge is 0.139 e. The molecule has 0 unspecified atom stereocenters. The Kier molecular flexibility index (Phi) is 4.52. The molecule has 16 heavy (non-hydrogen) atoms.